The van der Waals surface area contributed by atoms with Crippen molar-refractivity contribution in [3.8, 4) is 0 Å². The van der Waals surface area contributed by atoms with Crippen molar-refractivity contribution in [2.24, 2.45) is 0 Å². The summed E-state index contributed by atoms with van der Waals surface area (Å²) in [7, 11) is 0. The molecular weight excluding hydrogens is 479 g/mol. The van der Waals surface area contributed by atoms with Crippen LogP contribution in [0, 0.1) is 0 Å². The number of likely N-dealkylation sites (tertiary alicyclic amines) is 1. The van der Waals surface area contributed by atoms with E-state index in [-0.39, 0.29) is 12.6 Å². The number of nitrogens with zero attached hydrogens (tertiary/aromatic N) is 5. The number of aliphatic hydroxyl groups is 1. The van der Waals surface area contributed by atoms with Gasteiger partial charge in [0.2, 0.25) is 5.95 Å². The summed E-state index contributed by atoms with van der Waals surface area (Å²) in [6.45, 7) is 4.47. The van der Waals surface area contributed by atoms with Gasteiger partial charge in [0.1, 0.15) is 12.1 Å². The maximum atomic E-state index is 10.1. The number of hydrogen-bond acceptors (Lipinski definition) is 8. The van der Waals surface area contributed by atoms with Crippen LogP contribution in [0.25, 0.3) is 10.9 Å². The third-order valence-corrected chi connectivity index (χ3v) is 7.83. The van der Waals surface area contributed by atoms with Crippen LogP contribution in [0.3, 0.4) is 0 Å². The van der Waals surface area contributed by atoms with Crippen molar-refractivity contribution >= 4 is 45.7 Å². The van der Waals surface area contributed by atoms with Crippen LogP contribution in [0.15, 0.2) is 24.5 Å². The Bertz CT molecular complexity index is 1190. The normalized spacial score (nSPS) is 24.6. The zero-order valence-corrected chi connectivity index (χ0v) is 20.0. The lowest BCUT2D eigenvalue weighted by molar-refractivity contribution is -0.0712. The fraction of sp³-hybridized carbons (Fsp3) is 0.522. The van der Waals surface area contributed by atoms with Gasteiger partial charge in [0.15, 0.2) is 5.15 Å². The van der Waals surface area contributed by atoms with Crippen LogP contribution >= 0.6 is 23.2 Å². The molecule has 0 radical (unpaired) electrons. The molecule has 0 saturated carbocycles. The number of benzene rings is 1. The summed E-state index contributed by atoms with van der Waals surface area (Å²) in [6, 6.07) is 4.31. The second kappa shape index (κ2) is 9.22. The van der Waals surface area contributed by atoms with Gasteiger partial charge in [-0.25, -0.2) is 14.6 Å². The highest BCUT2D eigenvalue weighted by Crippen LogP contribution is 2.36. The summed E-state index contributed by atoms with van der Waals surface area (Å²) in [4.78, 5) is 11.7. The first-order valence-corrected chi connectivity index (χ1v) is 12.4. The van der Waals surface area contributed by atoms with Gasteiger partial charge < -0.3 is 19.9 Å². The van der Waals surface area contributed by atoms with E-state index in [0.29, 0.717) is 35.4 Å². The first kappa shape index (κ1) is 22.5. The minimum atomic E-state index is -0.640. The van der Waals surface area contributed by atoms with Crippen LogP contribution in [0.1, 0.15) is 30.4 Å². The van der Waals surface area contributed by atoms with E-state index in [1.165, 1.54) is 0 Å². The van der Waals surface area contributed by atoms with E-state index in [2.05, 4.69) is 26.4 Å². The number of nitrogens with one attached hydrogen (secondary N) is 1. The fourth-order valence-corrected chi connectivity index (χ4v) is 5.59. The molecule has 3 aliphatic heterocycles. The fourth-order valence-electron chi connectivity index (χ4n) is 5.00. The number of anilines is 2. The molecule has 34 heavy (non-hydrogen) atoms. The second-order valence-electron chi connectivity index (χ2n) is 9.22. The van der Waals surface area contributed by atoms with Gasteiger partial charge in [-0.05, 0) is 49.5 Å². The Hall–Kier alpha value is -2.01. The first-order chi connectivity index (χ1) is 16.6. The number of fused-ring (bicyclic) bond motifs is 1. The molecule has 11 heteroatoms. The molecule has 3 fully saturated rings. The van der Waals surface area contributed by atoms with E-state index in [1.807, 2.05) is 6.07 Å². The smallest absolute Gasteiger partial charge is 0.227 e. The van der Waals surface area contributed by atoms with E-state index < -0.39 is 6.10 Å². The average Bonchev–Trinajstić information content (AvgIpc) is 3.38. The summed E-state index contributed by atoms with van der Waals surface area (Å²) in [6.07, 6.45) is 4.87. The van der Waals surface area contributed by atoms with Crippen LogP contribution in [-0.4, -0.2) is 81.4 Å². The standard InChI is InChI=1S/C23H26Cl2N6O3/c24-17-5-14-7-26-23(29-19-8-27-31(22(19)25)20-11-34-12-21(20)32)28-18(14)6-16(17)13-1-3-30(4-2-13)15-9-33-10-15/h5-8,13,15,20-21,32H,1-4,9-12H2,(H,26,28,29)/t20-,21-/m1/s1. The lowest BCUT2D eigenvalue weighted by Crippen LogP contribution is -2.51. The lowest BCUT2D eigenvalue weighted by atomic mass is 9.88. The molecule has 3 aliphatic rings. The highest BCUT2D eigenvalue weighted by Gasteiger charge is 2.32. The van der Waals surface area contributed by atoms with Gasteiger partial charge in [0.25, 0.3) is 0 Å². The van der Waals surface area contributed by atoms with E-state index >= 15 is 0 Å². The molecule has 9 nitrogen and oxygen atoms in total. The Kier molecular flexibility index (Phi) is 6.09. The Morgan fingerprint density at radius 3 is 2.53 bits per heavy atom. The Balaban J connectivity index is 1.21. The molecule has 2 N–H and O–H groups in total. The number of aliphatic hydroxyl groups excluding tert-OH is 1. The highest BCUT2D eigenvalue weighted by molar-refractivity contribution is 6.32. The van der Waals surface area contributed by atoms with Gasteiger partial charge in [-0.1, -0.05) is 23.2 Å². The summed E-state index contributed by atoms with van der Waals surface area (Å²) in [5.41, 5.74) is 2.54. The minimum absolute atomic E-state index is 0.274. The van der Waals surface area contributed by atoms with Crippen molar-refractivity contribution in [3.63, 3.8) is 0 Å². The van der Waals surface area contributed by atoms with Crippen molar-refractivity contribution in [2.75, 3.05) is 44.8 Å². The number of rotatable bonds is 5. The quantitative estimate of drug-likeness (QED) is 0.545. The molecule has 3 saturated heterocycles. The van der Waals surface area contributed by atoms with E-state index in [4.69, 9.17) is 37.7 Å². The van der Waals surface area contributed by atoms with Crippen LogP contribution in [0.2, 0.25) is 10.2 Å². The third kappa shape index (κ3) is 4.14. The average molecular weight is 505 g/mol. The van der Waals surface area contributed by atoms with Crippen LogP contribution < -0.4 is 5.32 Å². The molecule has 0 amide bonds. The summed E-state index contributed by atoms with van der Waals surface area (Å²) in [5, 5.41) is 19.6. The predicted molar refractivity (Wildman–Crippen MR) is 129 cm³/mol. The maximum Gasteiger partial charge on any atom is 0.227 e. The van der Waals surface area contributed by atoms with Crippen LogP contribution in [0.5, 0.6) is 0 Å². The SMILES string of the molecule is O[C@@H]1COC[C@H]1n1ncc(Nc2ncc3cc(Cl)c(C4CCN(C5COC5)CC4)cc3n2)c1Cl. The number of aromatic nitrogens is 4. The monoisotopic (exact) mass is 504 g/mol. The number of halogens is 2. The summed E-state index contributed by atoms with van der Waals surface area (Å²) in [5.74, 6) is 0.832. The lowest BCUT2D eigenvalue weighted by Gasteiger charge is -2.41. The van der Waals surface area contributed by atoms with Crippen molar-refractivity contribution in [2.45, 2.75) is 36.9 Å². The minimum Gasteiger partial charge on any atom is -0.388 e. The van der Waals surface area contributed by atoms with Gasteiger partial charge in [-0.3, -0.25) is 4.90 Å². The van der Waals surface area contributed by atoms with E-state index in [0.717, 1.165) is 60.6 Å². The largest absolute Gasteiger partial charge is 0.388 e. The van der Waals surface area contributed by atoms with Crippen molar-refractivity contribution in [3.05, 3.63) is 40.3 Å². The van der Waals surface area contributed by atoms with Crippen molar-refractivity contribution < 1.29 is 14.6 Å². The number of hydrogen-bond donors (Lipinski definition) is 2. The molecule has 0 aliphatic carbocycles. The Labute approximate surface area is 207 Å². The van der Waals surface area contributed by atoms with E-state index in [9.17, 15) is 5.11 Å². The van der Waals surface area contributed by atoms with Crippen molar-refractivity contribution in [1.82, 2.24) is 24.6 Å². The highest BCUT2D eigenvalue weighted by atomic mass is 35.5. The summed E-state index contributed by atoms with van der Waals surface area (Å²) >= 11 is 13.2. The van der Waals surface area contributed by atoms with Crippen molar-refractivity contribution in [1.29, 1.82) is 0 Å². The molecule has 180 valence electrons. The molecule has 0 spiro atoms. The van der Waals surface area contributed by atoms with Gasteiger partial charge in [-0.15, -0.1) is 0 Å². The zero-order valence-electron chi connectivity index (χ0n) is 18.5. The molecule has 5 heterocycles. The van der Waals surface area contributed by atoms with Gasteiger partial charge in [0.05, 0.1) is 49.9 Å². The van der Waals surface area contributed by atoms with Crippen LogP contribution in [-0.2, 0) is 9.47 Å². The first-order valence-electron chi connectivity index (χ1n) is 11.6. The molecule has 6 rings (SSSR count). The number of ether oxygens (including phenoxy) is 2. The van der Waals surface area contributed by atoms with Gasteiger partial charge >= 0.3 is 0 Å². The van der Waals surface area contributed by atoms with Gasteiger partial charge in [-0.2, -0.15) is 5.10 Å². The topological polar surface area (TPSA) is 97.6 Å². The molecule has 0 bridgehead atoms. The third-order valence-electron chi connectivity index (χ3n) is 7.12. The van der Waals surface area contributed by atoms with Gasteiger partial charge in [0, 0.05) is 16.6 Å². The molecule has 0 unspecified atom stereocenters. The Morgan fingerprint density at radius 2 is 1.82 bits per heavy atom. The zero-order chi connectivity index (χ0) is 23.2. The Morgan fingerprint density at radius 1 is 1.03 bits per heavy atom. The molecule has 2 atom stereocenters. The second-order valence-corrected chi connectivity index (χ2v) is 9.98. The predicted octanol–water partition coefficient (Wildman–Crippen LogP) is 3.39. The molecule has 3 aromatic rings. The molecule has 2 aromatic heterocycles. The van der Waals surface area contributed by atoms with Crippen LogP contribution in [0.4, 0.5) is 11.6 Å². The molecule has 1 aromatic carbocycles. The maximum absolute atomic E-state index is 10.1. The summed E-state index contributed by atoms with van der Waals surface area (Å²) < 4.78 is 12.2. The molecular formula is C23H26Cl2N6O3. The van der Waals surface area contributed by atoms with E-state index in [1.54, 1.807) is 17.1 Å². The number of piperidine rings is 1.